The summed E-state index contributed by atoms with van der Waals surface area (Å²) in [4.78, 5) is 28.2. The maximum atomic E-state index is 12.9. The fourth-order valence-electron chi connectivity index (χ4n) is 3.76. The van der Waals surface area contributed by atoms with E-state index in [9.17, 15) is 18.0 Å². The minimum absolute atomic E-state index is 0.00985. The largest absolute Gasteiger partial charge is 0.490 e. The Morgan fingerprint density at radius 3 is 2.41 bits per heavy atom. The van der Waals surface area contributed by atoms with Gasteiger partial charge in [-0.1, -0.05) is 25.1 Å². The van der Waals surface area contributed by atoms with Crippen LogP contribution in [0.5, 0.6) is 0 Å². The van der Waals surface area contributed by atoms with Gasteiger partial charge in [0.15, 0.2) is 0 Å². The molecule has 12 heteroatoms. The van der Waals surface area contributed by atoms with Crippen molar-refractivity contribution in [2.45, 2.75) is 52.3 Å². The van der Waals surface area contributed by atoms with Crippen molar-refractivity contribution in [3.63, 3.8) is 0 Å². The van der Waals surface area contributed by atoms with Gasteiger partial charge in [-0.2, -0.15) is 13.2 Å². The first kappa shape index (κ1) is 25.2. The number of piperidine rings is 1. The molecule has 0 unspecified atom stereocenters. The van der Waals surface area contributed by atoms with Gasteiger partial charge in [0.05, 0.1) is 11.7 Å². The van der Waals surface area contributed by atoms with Crippen molar-refractivity contribution in [3.05, 3.63) is 47.7 Å². The number of nitrogens with zero attached hydrogens (tertiary/aromatic N) is 6. The molecule has 0 spiro atoms. The van der Waals surface area contributed by atoms with Gasteiger partial charge in [0, 0.05) is 31.7 Å². The van der Waals surface area contributed by atoms with Crippen molar-refractivity contribution in [2.75, 3.05) is 13.1 Å². The number of likely N-dealkylation sites (tertiary alicyclic amines) is 1. The Hall–Kier alpha value is -3.44. The van der Waals surface area contributed by atoms with Crippen LogP contribution in [0.25, 0.3) is 5.65 Å². The molecule has 0 atom stereocenters. The number of carboxylic acids is 1. The maximum absolute atomic E-state index is 12.9. The van der Waals surface area contributed by atoms with E-state index in [0.717, 1.165) is 49.3 Å². The Kier molecular flexibility index (Phi) is 7.57. The lowest BCUT2D eigenvalue weighted by molar-refractivity contribution is -0.192. The van der Waals surface area contributed by atoms with Crippen LogP contribution in [0.3, 0.4) is 0 Å². The normalized spacial score (nSPS) is 14.9. The van der Waals surface area contributed by atoms with Crippen LogP contribution in [-0.4, -0.2) is 65.5 Å². The van der Waals surface area contributed by atoms with E-state index in [-0.39, 0.29) is 5.91 Å². The fraction of sp³-hybridized carbons (Fsp3) is 0.500. The number of aromatic nitrogens is 5. The van der Waals surface area contributed by atoms with E-state index < -0.39 is 12.1 Å². The third-order valence-corrected chi connectivity index (χ3v) is 5.44. The standard InChI is InChI=1S/C20H26N6O.C2HF3O2/c1-14(2)11-16-12-26(23-22-16)17-6-9-24(10-7-17)20(27)18-13-25-8-4-5-15(3)19(25)21-18;3-2(4,5)1(6)7/h4-5,8,12-14,17H,6-7,9-11H2,1-3H3;(H,6,7). The number of carbonyl (C=O) groups excluding carboxylic acids is 1. The second-order valence-electron chi connectivity index (χ2n) is 8.66. The van der Waals surface area contributed by atoms with Crippen molar-refractivity contribution in [1.82, 2.24) is 29.3 Å². The number of pyridine rings is 1. The van der Waals surface area contributed by atoms with Crippen LogP contribution < -0.4 is 0 Å². The lowest BCUT2D eigenvalue weighted by atomic mass is 10.0. The summed E-state index contributed by atoms with van der Waals surface area (Å²) in [5.41, 5.74) is 3.47. The van der Waals surface area contributed by atoms with Crippen LogP contribution in [0.2, 0.25) is 0 Å². The highest BCUT2D eigenvalue weighted by Gasteiger charge is 2.38. The highest BCUT2D eigenvalue weighted by molar-refractivity contribution is 5.93. The molecule has 0 aliphatic carbocycles. The Morgan fingerprint density at radius 1 is 1.21 bits per heavy atom. The SMILES string of the molecule is Cc1cccn2cc(C(=O)N3CCC(n4cc(CC(C)C)nn4)CC3)nc12.O=C(O)C(F)(F)F. The summed E-state index contributed by atoms with van der Waals surface area (Å²) in [5.74, 6) is -2.17. The van der Waals surface area contributed by atoms with Crippen molar-refractivity contribution in [3.8, 4) is 0 Å². The molecule has 1 aliphatic heterocycles. The van der Waals surface area contributed by atoms with E-state index in [2.05, 4.69) is 35.3 Å². The number of aryl methyl sites for hydroxylation is 1. The Balaban J connectivity index is 0.000000406. The number of halogens is 3. The van der Waals surface area contributed by atoms with Gasteiger partial charge in [-0.15, -0.1) is 5.10 Å². The highest BCUT2D eigenvalue weighted by Crippen LogP contribution is 2.23. The van der Waals surface area contributed by atoms with Crippen LogP contribution in [0, 0.1) is 12.8 Å². The number of hydrogen-bond acceptors (Lipinski definition) is 5. The van der Waals surface area contributed by atoms with Gasteiger partial charge in [-0.3, -0.25) is 4.79 Å². The van der Waals surface area contributed by atoms with E-state index in [4.69, 9.17) is 9.90 Å². The second-order valence-corrected chi connectivity index (χ2v) is 8.66. The molecule has 1 fully saturated rings. The van der Waals surface area contributed by atoms with E-state index >= 15 is 0 Å². The van der Waals surface area contributed by atoms with Crippen LogP contribution >= 0.6 is 0 Å². The highest BCUT2D eigenvalue weighted by atomic mass is 19.4. The molecule has 1 aliphatic rings. The van der Waals surface area contributed by atoms with E-state index in [1.54, 1.807) is 0 Å². The first-order chi connectivity index (χ1) is 16.0. The average Bonchev–Trinajstić information content (AvgIpc) is 3.41. The van der Waals surface area contributed by atoms with Crippen LogP contribution in [-0.2, 0) is 11.2 Å². The molecule has 4 rings (SSSR count). The number of imidazole rings is 1. The van der Waals surface area contributed by atoms with Gasteiger partial charge in [0.25, 0.3) is 5.91 Å². The van der Waals surface area contributed by atoms with Gasteiger partial charge >= 0.3 is 12.1 Å². The number of fused-ring (bicyclic) bond motifs is 1. The topological polar surface area (TPSA) is 106 Å². The molecule has 3 aromatic heterocycles. The molecule has 3 aromatic rings. The second kappa shape index (κ2) is 10.2. The summed E-state index contributed by atoms with van der Waals surface area (Å²) in [6.45, 7) is 7.81. The van der Waals surface area contributed by atoms with Crippen LogP contribution in [0.15, 0.2) is 30.7 Å². The molecule has 1 amide bonds. The fourth-order valence-corrected chi connectivity index (χ4v) is 3.76. The molecule has 1 saturated heterocycles. The molecular formula is C22H27F3N6O3. The Labute approximate surface area is 194 Å². The predicted octanol–water partition coefficient (Wildman–Crippen LogP) is 3.54. The van der Waals surface area contributed by atoms with Gasteiger partial charge in [0.2, 0.25) is 0 Å². The smallest absolute Gasteiger partial charge is 0.475 e. The lowest BCUT2D eigenvalue weighted by Crippen LogP contribution is -2.39. The number of carboxylic acid groups (broad SMARTS) is 1. The zero-order valence-corrected chi connectivity index (χ0v) is 19.2. The summed E-state index contributed by atoms with van der Waals surface area (Å²) < 4.78 is 35.6. The zero-order chi connectivity index (χ0) is 25.0. The van der Waals surface area contributed by atoms with Gasteiger partial charge < -0.3 is 14.4 Å². The van der Waals surface area contributed by atoms with Crippen molar-refractivity contribution < 1.29 is 27.9 Å². The van der Waals surface area contributed by atoms with Crippen molar-refractivity contribution in [2.24, 2.45) is 5.92 Å². The quantitative estimate of drug-likeness (QED) is 0.612. The molecule has 0 saturated carbocycles. The predicted molar refractivity (Wildman–Crippen MR) is 116 cm³/mol. The zero-order valence-electron chi connectivity index (χ0n) is 19.2. The third kappa shape index (κ3) is 6.12. The number of alkyl halides is 3. The minimum Gasteiger partial charge on any atom is -0.475 e. The first-order valence-corrected chi connectivity index (χ1v) is 10.9. The Bertz CT molecular complexity index is 1150. The van der Waals surface area contributed by atoms with Crippen molar-refractivity contribution in [1.29, 1.82) is 0 Å². The summed E-state index contributed by atoms with van der Waals surface area (Å²) in [6.07, 6.45) is 3.47. The molecular weight excluding hydrogens is 453 g/mol. The van der Waals surface area contributed by atoms with E-state index in [1.807, 2.05) is 45.4 Å². The number of carbonyl (C=O) groups is 2. The van der Waals surface area contributed by atoms with Gasteiger partial charge in [-0.05, 0) is 43.7 Å². The molecule has 1 N–H and O–H groups in total. The molecule has 34 heavy (non-hydrogen) atoms. The number of amides is 1. The molecule has 4 heterocycles. The molecule has 9 nitrogen and oxygen atoms in total. The number of rotatable bonds is 4. The lowest BCUT2D eigenvalue weighted by Gasteiger charge is -2.31. The summed E-state index contributed by atoms with van der Waals surface area (Å²) in [6, 6.07) is 4.29. The monoisotopic (exact) mass is 480 g/mol. The Morgan fingerprint density at radius 2 is 1.85 bits per heavy atom. The van der Waals surface area contributed by atoms with Gasteiger partial charge in [0.1, 0.15) is 11.3 Å². The maximum Gasteiger partial charge on any atom is 0.490 e. The number of aliphatic carboxylic acids is 1. The van der Waals surface area contributed by atoms with Gasteiger partial charge in [-0.25, -0.2) is 14.5 Å². The van der Waals surface area contributed by atoms with E-state index in [1.165, 1.54) is 0 Å². The summed E-state index contributed by atoms with van der Waals surface area (Å²) in [7, 11) is 0. The number of hydrogen-bond donors (Lipinski definition) is 1. The molecule has 0 radical (unpaired) electrons. The summed E-state index contributed by atoms with van der Waals surface area (Å²) in [5, 5.41) is 15.7. The first-order valence-electron chi connectivity index (χ1n) is 10.9. The average molecular weight is 480 g/mol. The third-order valence-electron chi connectivity index (χ3n) is 5.44. The van der Waals surface area contributed by atoms with Crippen molar-refractivity contribution >= 4 is 17.5 Å². The van der Waals surface area contributed by atoms with Crippen LogP contribution in [0.4, 0.5) is 13.2 Å². The minimum atomic E-state index is -5.08. The summed E-state index contributed by atoms with van der Waals surface area (Å²) >= 11 is 0. The molecule has 0 bridgehead atoms. The molecule has 0 aromatic carbocycles. The van der Waals surface area contributed by atoms with Crippen LogP contribution in [0.1, 0.15) is 54.5 Å². The molecule has 184 valence electrons. The van der Waals surface area contributed by atoms with E-state index in [0.29, 0.717) is 17.7 Å².